The number of phenols is 1. The molecule has 0 heterocycles. The molecule has 1 aromatic rings. The number of benzene rings is 1. The molecule has 1 aromatic carbocycles. The molecule has 88 valence electrons. The van der Waals surface area contributed by atoms with Gasteiger partial charge in [0.05, 0.1) is 5.25 Å². The molecule has 2 N–H and O–H groups in total. The van der Waals surface area contributed by atoms with Gasteiger partial charge in [0.15, 0.2) is 0 Å². The van der Waals surface area contributed by atoms with Crippen LogP contribution in [0.2, 0.25) is 0 Å². The summed E-state index contributed by atoms with van der Waals surface area (Å²) >= 11 is 1.44. The fraction of sp³-hybridized carbons (Fsp3) is 0.417. The molecule has 0 spiro atoms. The molecule has 0 aliphatic rings. The second-order valence-corrected chi connectivity index (χ2v) is 5.33. The molecule has 0 bridgehead atoms. The lowest BCUT2D eigenvalue weighted by Gasteiger charge is -2.14. The Labute approximate surface area is 100 Å². The lowest BCUT2D eigenvalue weighted by Crippen LogP contribution is -2.35. The third-order valence-electron chi connectivity index (χ3n) is 1.93. The summed E-state index contributed by atoms with van der Waals surface area (Å²) in [7, 11) is 0. The minimum absolute atomic E-state index is 0.0170. The number of aromatic hydroxyl groups is 1. The van der Waals surface area contributed by atoms with E-state index in [1.165, 1.54) is 11.8 Å². The van der Waals surface area contributed by atoms with Gasteiger partial charge in [0, 0.05) is 10.9 Å². The van der Waals surface area contributed by atoms with E-state index in [0.717, 1.165) is 4.90 Å². The molecule has 1 amide bonds. The van der Waals surface area contributed by atoms with Gasteiger partial charge < -0.3 is 10.4 Å². The fourth-order valence-corrected chi connectivity index (χ4v) is 2.15. The molecule has 0 saturated carbocycles. The number of carbonyl (C=O) groups is 1. The van der Waals surface area contributed by atoms with E-state index in [1.54, 1.807) is 18.2 Å². The van der Waals surface area contributed by atoms with Crippen LogP contribution in [0.4, 0.5) is 0 Å². The zero-order valence-corrected chi connectivity index (χ0v) is 10.5. The van der Waals surface area contributed by atoms with Crippen LogP contribution in [0, 0.1) is 0 Å². The average molecular weight is 239 g/mol. The second kappa shape index (κ2) is 5.80. The van der Waals surface area contributed by atoms with E-state index < -0.39 is 0 Å². The topological polar surface area (TPSA) is 49.3 Å². The number of amides is 1. The number of nitrogens with one attached hydrogen (secondary N) is 1. The highest BCUT2D eigenvalue weighted by atomic mass is 32.2. The molecule has 0 aliphatic heterocycles. The van der Waals surface area contributed by atoms with Crippen molar-refractivity contribution in [1.82, 2.24) is 5.32 Å². The maximum absolute atomic E-state index is 11.6. The van der Waals surface area contributed by atoms with Crippen LogP contribution in [0.15, 0.2) is 29.2 Å². The number of hydrogen-bond donors (Lipinski definition) is 2. The lowest BCUT2D eigenvalue weighted by atomic mass is 10.3. The standard InChI is InChI=1S/C12H17NO2S/c1-8(2)13-12(15)9(3)16-11-6-4-5-10(14)7-11/h4-9,14H,1-3H3,(H,13,15). The summed E-state index contributed by atoms with van der Waals surface area (Å²) < 4.78 is 0. The van der Waals surface area contributed by atoms with Crippen LogP contribution in [0.5, 0.6) is 5.75 Å². The van der Waals surface area contributed by atoms with Crippen molar-refractivity contribution in [2.45, 2.75) is 37.0 Å². The molecule has 4 heteroatoms. The minimum Gasteiger partial charge on any atom is -0.508 e. The van der Waals surface area contributed by atoms with Crippen LogP contribution in [0.3, 0.4) is 0 Å². The molecular formula is C12H17NO2S. The fourth-order valence-electron chi connectivity index (χ4n) is 1.22. The number of phenolic OH excluding ortho intramolecular Hbond substituents is 1. The number of hydrogen-bond acceptors (Lipinski definition) is 3. The highest BCUT2D eigenvalue weighted by molar-refractivity contribution is 8.00. The molecule has 0 radical (unpaired) electrons. The molecule has 0 fully saturated rings. The lowest BCUT2D eigenvalue weighted by molar-refractivity contribution is -0.120. The highest BCUT2D eigenvalue weighted by Gasteiger charge is 2.14. The maximum Gasteiger partial charge on any atom is 0.233 e. The quantitative estimate of drug-likeness (QED) is 0.793. The first-order valence-electron chi connectivity index (χ1n) is 5.25. The molecule has 1 unspecified atom stereocenters. The van der Waals surface area contributed by atoms with Crippen molar-refractivity contribution in [3.8, 4) is 5.75 Å². The van der Waals surface area contributed by atoms with E-state index in [1.807, 2.05) is 26.8 Å². The van der Waals surface area contributed by atoms with Crippen molar-refractivity contribution in [2.24, 2.45) is 0 Å². The van der Waals surface area contributed by atoms with Gasteiger partial charge >= 0.3 is 0 Å². The summed E-state index contributed by atoms with van der Waals surface area (Å²) in [5, 5.41) is 12.0. The summed E-state index contributed by atoms with van der Waals surface area (Å²) in [4.78, 5) is 12.5. The van der Waals surface area contributed by atoms with Crippen molar-refractivity contribution >= 4 is 17.7 Å². The Kier molecular flexibility index (Phi) is 4.68. The zero-order chi connectivity index (χ0) is 12.1. The molecule has 1 atom stereocenters. The van der Waals surface area contributed by atoms with E-state index in [9.17, 15) is 9.90 Å². The molecule has 1 rings (SSSR count). The van der Waals surface area contributed by atoms with Crippen LogP contribution >= 0.6 is 11.8 Å². The molecule has 0 aliphatic carbocycles. The Morgan fingerprint density at radius 2 is 2.06 bits per heavy atom. The van der Waals surface area contributed by atoms with Crippen molar-refractivity contribution in [1.29, 1.82) is 0 Å². The third-order valence-corrected chi connectivity index (χ3v) is 3.02. The first-order chi connectivity index (χ1) is 7.49. The van der Waals surface area contributed by atoms with Crippen molar-refractivity contribution in [3.05, 3.63) is 24.3 Å². The average Bonchev–Trinajstić information content (AvgIpc) is 2.16. The summed E-state index contributed by atoms with van der Waals surface area (Å²) in [5.74, 6) is 0.241. The highest BCUT2D eigenvalue weighted by Crippen LogP contribution is 2.26. The van der Waals surface area contributed by atoms with Crippen LogP contribution in [0.25, 0.3) is 0 Å². The normalized spacial score (nSPS) is 12.5. The van der Waals surface area contributed by atoms with Crippen LogP contribution in [0.1, 0.15) is 20.8 Å². The van der Waals surface area contributed by atoms with Gasteiger partial charge in [-0.25, -0.2) is 0 Å². The first kappa shape index (κ1) is 12.9. The van der Waals surface area contributed by atoms with Gasteiger partial charge in [0.2, 0.25) is 5.91 Å². The molecule has 0 saturated heterocycles. The Hall–Kier alpha value is -1.16. The van der Waals surface area contributed by atoms with Crippen LogP contribution < -0.4 is 5.32 Å². The summed E-state index contributed by atoms with van der Waals surface area (Å²) in [6, 6.07) is 7.07. The number of carbonyl (C=O) groups excluding carboxylic acids is 1. The second-order valence-electron chi connectivity index (χ2n) is 3.92. The summed E-state index contributed by atoms with van der Waals surface area (Å²) in [5.41, 5.74) is 0. The van der Waals surface area contributed by atoms with E-state index >= 15 is 0 Å². The molecular weight excluding hydrogens is 222 g/mol. The monoisotopic (exact) mass is 239 g/mol. The predicted molar refractivity (Wildman–Crippen MR) is 66.7 cm³/mol. The van der Waals surface area contributed by atoms with Gasteiger partial charge in [-0.15, -0.1) is 11.8 Å². The largest absolute Gasteiger partial charge is 0.508 e. The van der Waals surface area contributed by atoms with E-state index in [2.05, 4.69) is 5.32 Å². The van der Waals surface area contributed by atoms with Gasteiger partial charge in [-0.3, -0.25) is 4.79 Å². The Morgan fingerprint density at radius 1 is 1.38 bits per heavy atom. The summed E-state index contributed by atoms with van der Waals surface area (Å²) in [6.07, 6.45) is 0. The number of thioether (sulfide) groups is 1. The third kappa shape index (κ3) is 4.14. The maximum atomic E-state index is 11.6. The molecule has 16 heavy (non-hydrogen) atoms. The Bertz CT molecular complexity index is 366. The molecule has 3 nitrogen and oxygen atoms in total. The smallest absolute Gasteiger partial charge is 0.233 e. The SMILES string of the molecule is CC(C)NC(=O)C(C)Sc1cccc(O)c1. The van der Waals surface area contributed by atoms with Gasteiger partial charge in [-0.2, -0.15) is 0 Å². The van der Waals surface area contributed by atoms with Crippen molar-refractivity contribution in [3.63, 3.8) is 0 Å². The van der Waals surface area contributed by atoms with Gasteiger partial charge in [-0.05, 0) is 39.0 Å². The van der Waals surface area contributed by atoms with E-state index in [4.69, 9.17) is 0 Å². The van der Waals surface area contributed by atoms with E-state index in [-0.39, 0.29) is 22.9 Å². The van der Waals surface area contributed by atoms with Crippen molar-refractivity contribution < 1.29 is 9.90 Å². The summed E-state index contributed by atoms with van der Waals surface area (Å²) in [6.45, 7) is 5.72. The number of rotatable bonds is 4. The van der Waals surface area contributed by atoms with Crippen LogP contribution in [-0.2, 0) is 4.79 Å². The van der Waals surface area contributed by atoms with Gasteiger partial charge in [0.25, 0.3) is 0 Å². The predicted octanol–water partition coefficient (Wildman–Crippen LogP) is 2.40. The van der Waals surface area contributed by atoms with E-state index in [0.29, 0.717) is 0 Å². The molecule has 0 aromatic heterocycles. The Balaban J connectivity index is 2.57. The minimum atomic E-state index is -0.163. The Morgan fingerprint density at radius 3 is 2.62 bits per heavy atom. The van der Waals surface area contributed by atoms with Gasteiger partial charge in [-0.1, -0.05) is 6.07 Å². The first-order valence-corrected chi connectivity index (χ1v) is 6.13. The zero-order valence-electron chi connectivity index (χ0n) is 9.73. The van der Waals surface area contributed by atoms with Gasteiger partial charge in [0.1, 0.15) is 5.75 Å². The van der Waals surface area contributed by atoms with Crippen LogP contribution in [-0.4, -0.2) is 22.3 Å². The van der Waals surface area contributed by atoms with Crippen molar-refractivity contribution in [2.75, 3.05) is 0 Å².